The van der Waals surface area contributed by atoms with E-state index in [9.17, 15) is 9.59 Å². The number of hydrogen-bond acceptors (Lipinski definition) is 4. The highest BCUT2D eigenvalue weighted by Crippen LogP contribution is 2.58. The van der Waals surface area contributed by atoms with Gasteiger partial charge in [-0.2, -0.15) is 0 Å². The zero-order valence-corrected chi connectivity index (χ0v) is 11.0. The Bertz CT molecular complexity index is 577. The molecule has 0 aromatic rings. The number of carbonyl (C=O) groups excluding carboxylic acids is 2. The molecule has 1 spiro atoms. The third kappa shape index (κ3) is 1.12. The van der Waals surface area contributed by atoms with Crippen LogP contribution >= 0.6 is 0 Å². The van der Waals surface area contributed by atoms with Gasteiger partial charge >= 0.3 is 0 Å². The zero-order valence-electron chi connectivity index (χ0n) is 11.0. The highest BCUT2D eigenvalue weighted by atomic mass is 16.5. The van der Waals surface area contributed by atoms with Crippen LogP contribution in [0.2, 0.25) is 0 Å². The third-order valence-electron chi connectivity index (χ3n) is 5.90. The molecule has 7 atom stereocenters. The molecule has 4 heteroatoms. The van der Waals surface area contributed by atoms with Gasteiger partial charge in [0, 0.05) is 0 Å². The second-order valence-corrected chi connectivity index (χ2v) is 6.70. The summed E-state index contributed by atoms with van der Waals surface area (Å²) in [6.45, 7) is 0.650. The fourth-order valence-corrected chi connectivity index (χ4v) is 4.99. The van der Waals surface area contributed by atoms with E-state index in [2.05, 4.69) is 0 Å². The maximum Gasteiger partial charge on any atom is 0.194 e. The number of hydrogen-bond donors (Lipinski definition) is 0. The molecule has 4 aliphatic carbocycles. The fraction of sp³-hybridized carbons (Fsp3) is 0.625. The fourth-order valence-electron chi connectivity index (χ4n) is 4.99. The molecule has 0 amide bonds. The average molecular weight is 272 g/mol. The van der Waals surface area contributed by atoms with E-state index < -0.39 is 5.60 Å². The summed E-state index contributed by atoms with van der Waals surface area (Å²) in [6, 6.07) is 0. The summed E-state index contributed by atoms with van der Waals surface area (Å²) in [5.74, 6) is 0.386. The number of ether oxygens (including phenoxy) is 2. The standard InChI is InChI=1S/C16H16O4/c17-13-9-3-1-2-4-12(9)20-16-6-8-7-19-14(15(16)18)10(8)5-11(13)16/h1-4,8-12,14H,5-7H2. The summed E-state index contributed by atoms with van der Waals surface area (Å²) in [5.41, 5.74) is -0.894. The molecule has 2 heterocycles. The first-order valence-corrected chi connectivity index (χ1v) is 7.43. The van der Waals surface area contributed by atoms with Gasteiger partial charge in [-0.15, -0.1) is 0 Å². The van der Waals surface area contributed by atoms with Crippen LogP contribution in [0.5, 0.6) is 0 Å². The second-order valence-electron chi connectivity index (χ2n) is 6.70. The molecule has 0 aromatic heterocycles. The number of rotatable bonds is 0. The Balaban J connectivity index is 1.63. The summed E-state index contributed by atoms with van der Waals surface area (Å²) in [6.07, 6.45) is 8.46. The van der Waals surface area contributed by atoms with Crippen LogP contribution in [0.25, 0.3) is 0 Å². The molecule has 6 aliphatic rings. The van der Waals surface area contributed by atoms with Crippen molar-refractivity contribution in [3.63, 3.8) is 0 Å². The van der Waals surface area contributed by atoms with Gasteiger partial charge in [-0.25, -0.2) is 0 Å². The van der Waals surface area contributed by atoms with E-state index in [1.54, 1.807) is 0 Å². The summed E-state index contributed by atoms with van der Waals surface area (Å²) in [4.78, 5) is 25.6. The first-order chi connectivity index (χ1) is 9.71. The van der Waals surface area contributed by atoms with Crippen molar-refractivity contribution in [2.45, 2.75) is 30.7 Å². The Morgan fingerprint density at radius 1 is 1.20 bits per heavy atom. The van der Waals surface area contributed by atoms with Crippen molar-refractivity contribution in [3.05, 3.63) is 24.3 Å². The quantitative estimate of drug-likeness (QED) is 0.661. The maximum atomic E-state index is 12.8. The Labute approximate surface area is 116 Å². The summed E-state index contributed by atoms with van der Waals surface area (Å²) >= 11 is 0. The van der Waals surface area contributed by atoms with Gasteiger partial charge in [0.1, 0.15) is 17.5 Å². The topological polar surface area (TPSA) is 52.6 Å². The lowest BCUT2D eigenvalue weighted by atomic mass is 9.53. The SMILES string of the molecule is O=C1C2C=CC=CC2OC23CC4COC(C2=O)C4CC13. The Morgan fingerprint density at radius 2 is 2.05 bits per heavy atom. The van der Waals surface area contributed by atoms with E-state index in [0.29, 0.717) is 18.9 Å². The minimum absolute atomic E-state index is 0.0299. The molecule has 0 radical (unpaired) electrons. The molecule has 104 valence electrons. The van der Waals surface area contributed by atoms with Gasteiger partial charge < -0.3 is 9.47 Å². The minimum atomic E-state index is -0.894. The van der Waals surface area contributed by atoms with E-state index >= 15 is 0 Å². The molecule has 4 nitrogen and oxygen atoms in total. The van der Waals surface area contributed by atoms with Gasteiger partial charge in [-0.05, 0) is 24.7 Å². The third-order valence-corrected chi connectivity index (χ3v) is 5.90. The van der Waals surface area contributed by atoms with E-state index in [1.807, 2.05) is 24.3 Å². The molecular weight excluding hydrogens is 256 g/mol. The largest absolute Gasteiger partial charge is 0.370 e. The van der Waals surface area contributed by atoms with Crippen LogP contribution in [0.4, 0.5) is 0 Å². The van der Waals surface area contributed by atoms with Gasteiger partial charge in [0.05, 0.1) is 24.5 Å². The molecule has 20 heavy (non-hydrogen) atoms. The first-order valence-electron chi connectivity index (χ1n) is 7.43. The number of allylic oxidation sites excluding steroid dienone is 2. The molecule has 6 rings (SSSR count). The van der Waals surface area contributed by atoms with Crippen LogP contribution in [-0.4, -0.2) is 36.0 Å². The number of fused-ring (bicyclic) bond motifs is 1. The van der Waals surface area contributed by atoms with Gasteiger partial charge in [-0.1, -0.05) is 24.3 Å². The lowest BCUT2D eigenvalue weighted by Gasteiger charge is -2.56. The smallest absolute Gasteiger partial charge is 0.194 e. The number of carbonyl (C=O) groups is 2. The molecule has 4 bridgehead atoms. The van der Waals surface area contributed by atoms with Gasteiger partial charge in [0.15, 0.2) is 5.78 Å². The molecule has 2 saturated heterocycles. The maximum absolute atomic E-state index is 12.8. The van der Waals surface area contributed by atoms with Crippen molar-refractivity contribution in [1.82, 2.24) is 0 Å². The number of Topliss-reactive ketones (excluding diaryl/α,β-unsaturated/α-hetero) is 2. The monoisotopic (exact) mass is 272 g/mol. The molecule has 5 fully saturated rings. The zero-order chi connectivity index (χ0) is 13.5. The highest BCUT2D eigenvalue weighted by molar-refractivity contribution is 6.02. The van der Waals surface area contributed by atoms with Crippen LogP contribution in [0.3, 0.4) is 0 Å². The minimum Gasteiger partial charge on any atom is -0.370 e. The average Bonchev–Trinajstić information content (AvgIpc) is 2.82. The molecule has 3 saturated carbocycles. The van der Waals surface area contributed by atoms with Crippen molar-refractivity contribution in [1.29, 1.82) is 0 Å². The second kappa shape index (κ2) is 3.49. The van der Waals surface area contributed by atoms with Crippen molar-refractivity contribution in [2.24, 2.45) is 23.7 Å². The van der Waals surface area contributed by atoms with Crippen LogP contribution < -0.4 is 0 Å². The lowest BCUT2D eigenvalue weighted by molar-refractivity contribution is -0.214. The first kappa shape index (κ1) is 11.4. The molecule has 0 N–H and O–H groups in total. The van der Waals surface area contributed by atoms with E-state index in [4.69, 9.17) is 9.47 Å². The van der Waals surface area contributed by atoms with Gasteiger partial charge in [0.2, 0.25) is 0 Å². The predicted octanol–water partition coefficient (Wildman–Crippen LogP) is 1.06. The van der Waals surface area contributed by atoms with Crippen molar-refractivity contribution < 1.29 is 19.1 Å². The lowest BCUT2D eigenvalue weighted by Crippen LogP contribution is -2.69. The van der Waals surface area contributed by atoms with Crippen LogP contribution in [-0.2, 0) is 19.1 Å². The summed E-state index contributed by atoms with van der Waals surface area (Å²) in [7, 11) is 0. The van der Waals surface area contributed by atoms with E-state index in [1.165, 1.54) is 0 Å². The Kier molecular flexibility index (Phi) is 1.99. The molecule has 0 aromatic carbocycles. The Hall–Kier alpha value is -1.26. The van der Waals surface area contributed by atoms with Crippen molar-refractivity contribution in [2.75, 3.05) is 6.61 Å². The Morgan fingerprint density at radius 3 is 2.95 bits per heavy atom. The molecule has 7 unspecified atom stereocenters. The summed E-state index contributed by atoms with van der Waals surface area (Å²) in [5, 5.41) is 0. The van der Waals surface area contributed by atoms with Crippen molar-refractivity contribution in [3.8, 4) is 0 Å². The molecule has 2 aliphatic heterocycles. The van der Waals surface area contributed by atoms with Crippen LogP contribution in [0.1, 0.15) is 12.8 Å². The normalized spacial score (nSPS) is 55.0. The van der Waals surface area contributed by atoms with Crippen LogP contribution in [0.15, 0.2) is 24.3 Å². The van der Waals surface area contributed by atoms with Gasteiger partial charge in [-0.3, -0.25) is 9.59 Å². The summed E-state index contributed by atoms with van der Waals surface area (Å²) < 4.78 is 11.9. The highest BCUT2D eigenvalue weighted by Gasteiger charge is 2.70. The predicted molar refractivity (Wildman–Crippen MR) is 68.8 cm³/mol. The van der Waals surface area contributed by atoms with E-state index in [-0.39, 0.29) is 41.5 Å². The van der Waals surface area contributed by atoms with E-state index in [0.717, 1.165) is 6.42 Å². The van der Waals surface area contributed by atoms with Gasteiger partial charge in [0.25, 0.3) is 0 Å². The number of ketones is 2. The molecular formula is C16H16O4. The van der Waals surface area contributed by atoms with Crippen molar-refractivity contribution >= 4 is 11.6 Å². The van der Waals surface area contributed by atoms with Crippen LogP contribution in [0, 0.1) is 23.7 Å².